The molecule has 1 atom stereocenters. The Morgan fingerprint density at radius 3 is 2.74 bits per heavy atom. The summed E-state index contributed by atoms with van der Waals surface area (Å²) in [6.07, 6.45) is 2.80. The van der Waals surface area contributed by atoms with E-state index >= 15 is 0 Å². The highest BCUT2D eigenvalue weighted by atomic mass is 79.9. The van der Waals surface area contributed by atoms with Crippen LogP contribution in [-0.2, 0) is 17.7 Å². The molecule has 0 aromatic carbocycles. The maximum atomic E-state index is 5.63. The summed E-state index contributed by atoms with van der Waals surface area (Å²) in [5, 5.41) is 4.50. The van der Waals surface area contributed by atoms with E-state index in [1.165, 1.54) is 5.69 Å². The van der Waals surface area contributed by atoms with Crippen LogP contribution in [-0.4, -0.2) is 29.0 Å². The number of rotatable bonds is 9. The van der Waals surface area contributed by atoms with E-state index < -0.39 is 0 Å². The van der Waals surface area contributed by atoms with Gasteiger partial charge in [0.05, 0.1) is 15.9 Å². The van der Waals surface area contributed by atoms with Gasteiger partial charge in [0.1, 0.15) is 0 Å². The SMILES string of the molecule is CCCOCCC(Cc1c(Br)c(C)nn1CC)NN. The molecule has 6 heteroatoms. The molecule has 3 N–H and O–H groups in total. The molecule has 0 saturated heterocycles. The molecular weight excluding hydrogens is 308 g/mol. The van der Waals surface area contributed by atoms with Crippen molar-refractivity contribution in [1.82, 2.24) is 15.2 Å². The fourth-order valence-corrected chi connectivity index (χ4v) is 2.46. The molecule has 0 bridgehead atoms. The number of hydrogen-bond acceptors (Lipinski definition) is 4. The number of hydrazine groups is 1. The van der Waals surface area contributed by atoms with E-state index in [2.05, 4.69) is 40.3 Å². The Kier molecular flexibility index (Phi) is 7.60. The Balaban J connectivity index is 2.59. The molecule has 0 aliphatic carbocycles. The van der Waals surface area contributed by atoms with Gasteiger partial charge in [-0.2, -0.15) is 5.10 Å². The molecule has 1 heterocycles. The number of nitrogens with one attached hydrogen (secondary N) is 1. The van der Waals surface area contributed by atoms with E-state index in [0.717, 1.165) is 49.2 Å². The van der Waals surface area contributed by atoms with Gasteiger partial charge in [0.15, 0.2) is 0 Å². The molecular formula is C13H25BrN4O. The standard InChI is InChI=1S/C13H25BrN4O/c1-4-7-19-8-6-11(16-15)9-12-13(14)10(3)17-18(12)5-2/h11,16H,4-9,15H2,1-3H3. The maximum Gasteiger partial charge on any atom is 0.0738 e. The summed E-state index contributed by atoms with van der Waals surface area (Å²) in [6.45, 7) is 8.63. The summed E-state index contributed by atoms with van der Waals surface area (Å²) in [5.41, 5.74) is 5.09. The lowest BCUT2D eigenvalue weighted by Gasteiger charge is -2.17. The second kappa shape index (κ2) is 8.68. The van der Waals surface area contributed by atoms with Gasteiger partial charge in [0.25, 0.3) is 0 Å². The van der Waals surface area contributed by atoms with Crippen LogP contribution in [0.25, 0.3) is 0 Å². The summed E-state index contributed by atoms with van der Waals surface area (Å²) in [4.78, 5) is 0. The molecule has 0 fully saturated rings. The van der Waals surface area contributed by atoms with Crippen LogP contribution in [0.1, 0.15) is 38.1 Å². The van der Waals surface area contributed by atoms with Gasteiger partial charge in [-0.25, -0.2) is 0 Å². The fraction of sp³-hybridized carbons (Fsp3) is 0.769. The predicted octanol–water partition coefficient (Wildman–Crippen LogP) is 2.17. The summed E-state index contributed by atoms with van der Waals surface area (Å²) in [5.74, 6) is 5.63. The van der Waals surface area contributed by atoms with Gasteiger partial charge >= 0.3 is 0 Å². The molecule has 1 unspecified atom stereocenters. The quantitative estimate of drug-likeness (QED) is 0.413. The van der Waals surface area contributed by atoms with Crippen LogP contribution in [0.5, 0.6) is 0 Å². The smallest absolute Gasteiger partial charge is 0.0738 e. The average Bonchev–Trinajstić information content (AvgIpc) is 2.69. The van der Waals surface area contributed by atoms with E-state index in [9.17, 15) is 0 Å². The first-order valence-corrected chi connectivity index (χ1v) is 7.68. The van der Waals surface area contributed by atoms with Crippen molar-refractivity contribution in [3.63, 3.8) is 0 Å². The highest BCUT2D eigenvalue weighted by Gasteiger charge is 2.16. The number of nitrogens with two attached hydrogens (primary N) is 1. The van der Waals surface area contributed by atoms with E-state index in [-0.39, 0.29) is 6.04 Å². The Morgan fingerprint density at radius 1 is 1.42 bits per heavy atom. The van der Waals surface area contributed by atoms with E-state index in [0.29, 0.717) is 0 Å². The largest absolute Gasteiger partial charge is 0.381 e. The first kappa shape index (κ1) is 16.6. The van der Waals surface area contributed by atoms with Gasteiger partial charge in [-0.15, -0.1) is 0 Å². The lowest BCUT2D eigenvalue weighted by atomic mass is 10.1. The number of hydrogen-bond donors (Lipinski definition) is 2. The Bertz CT molecular complexity index is 381. The summed E-state index contributed by atoms with van der Waals surface area (Å²) in [7, 11) is 0. The highest BCUT2D eigenvalue weighted by molar-refractivity contribution is 9.10. The van der Waals surface area contributed by atoms with Crippen molar-refractivity contribution in [2.24, 2.45) is 5.84 Å². The number of aromatic nitrogens is 2. The van der Waals surface area contributed by atoms with Gasteiger partial charge in [-0.05, 0) is 42.6 Å². The normalized spacial score (nSPS) is 12.9. The number of nitrogens with zero attached hydrogens (tertiary/aromatic N) is 2. The van der Waals surface area contributed by atoms with Crippen molar-refractivity contribution in [2.45, 2.75) is 52.6 Å². The first-order chi connectivity index (χ1) is 9.13. The van der Waals surface area contributed by atoms with Gasteiger partial charge in [-0.3, -0.25) is 16.0 Å². The van der Waals surface area contributed by atoms with Crippen LogP contribution < -0.4 is 11.3 Å². The fourth-order valence-electron chi connectivity index (χ4n) is 2.01. The van der Waals surface area contributed by atoms with Crippen molar-refractivity contribution in [3.05, 3.63) is 15.9 Å². The van der Waals surface area contributed by atoms with Gasteiger partial charge in [0, 0.05) is 32.2 Å². The van der Waals surface area contributed by atoms with E-state index in [1.54, 1.807) is 0 Å². The molecule has 1 aromatic heterocycles. The third-order valence-corrected chi connectivity index (χ3v) is 4.12. The van der Waals surface area contributed by atoms with Gasteiger partial charge in [-0.1, -0.05) is 6.92 Å². The third kappa shape index (κ3) is 4.87. The Hall–Kier alpha value is -0.430. The molecule has 0 amide bonds. The van der Waals surface area contributed by atoms with Crippen LogP contribution >= 0.6 is 15.9 Å². The Labute approximate surface area is 124 Å². The van der Waals surface area contributed by atoms with Crippen LogP contribution in [0.15, 0.2) is 4.47 Å². The van der Waals surface area contributed by atoms with Crippen LogP contribution in [0.2, 0.25) is 0 Å². The second-order valence-corrected chi connectivity index (χ2v) is 5.42. The molecule has 1 aromatic rings. The topological polar surface area (TPSA) is 65.1 Å². The van der Waals surface area contributed by atoms with Gasteiger partial charge in [0.2, 0.25) is 0 Å². The zero-order chi connectivity index (χ0) is 14.3. The van der Waals surface area contributed by atoms with Crippen molar-refractivity contribution in [2.75, 3.05) is 13.2 Å². The van der Waals surface area contributed by atoms with Crippen LogP contribution in [0.4, 0.5) is 0 Å². The summed E-state index contributed by atoms with van der Waals surface area (Å²) in [6, 6.07) is 0.203. The highest BCUT2D eigenvalue weighted by Crippen LogP contribution is 2.22. The third-order valence-electron chi connectivity index (χ3n) is 3.09. The van der Waals surface area contributed by atoms with Crippen LogP contribution in [0.3, 0.4) is 0 Å². The van der Waals surface area contributed by atoms with Crippen molar-refractivity contribution in [3.8, 4) is 0 Å². The second-order valence-electron chi connectivity index (χ2n) is 4.63. The zero-order valence-electron chi connectivity index (χ0n) is 12.1. The number of halogens is 1. The molecule has 1 rings (SSSR count). The van der Waals surface area contributed by atoms with Gasteiger partial charge < -0.3 is 4.74 Å². The minimum Gasteiger partial charge on any atom is -0.381 e. The Morgan fingerprint density at radius 2 is 2.16 bits per heavy atom. The molecule has 19 heavy (non-hydrogen) atoms. The monoisotopic (exact) mass is 332 g/mol. The molecule has 0 saturated carbocycles. The average molecular weight is 333 g/mol. The van der Waals surface area contributed by atoms with Crippen molar-refractivity contribution < 1.29 is 4.74 Å². The lowest BCUT2D eigenvalue weighted by molar-refractivity contribution is 0.124. The maximum absolute atomic E-state index is 5.63. The molecule has 110 valence electrons. The molecule has 0 aliphatic heterocycles. The molecule has 0 aliphatic rings. The first-order valence-electron chi connectivity index (χ1n) is 6.89. The van der Waals surface area contributed by atoms with E-state index in [1.807, 2.05) is 11.6 Å². The van der Waals surface area contributed by atoms with Crippen LogP contribution in [0, 0.1) is 6.92 Å². The summed E-state index contributed by atoms with van der Waals surface area (Å²) < 4.78 is 8.63. The molecule has 0 spiro atoms. The van der Waals surface area contributed by atoms with Crippen molar-refractivity contribution >= 4 is 15.9 Å². The van der Waals surface area contributed by atoms with Crippen molar-refractivity contribution in [1.29, 1.82) is 0 Å². The molecule has 0 radical (unpaired) electrons. The molecule has 5 nitrogen and oxygen atoms in total. The number of ether oxygens (including phenoxy) is 1. The predicted molar refractivity (Wildman–Crippen MR) is 80.9 cm³/mol. The lowest BCUT2D eigenvalue weighted by Crippen LogP contribution is -2.38. The van der Waals surface area contributed by atoms with E-state index in [4.69, 9.17) is 10.6 Å². The minimum absolute atomic E-state index is 0.203. The minimum atomic E-state index is 0.203. The number of aryl methyl sites for hydroxylation is 2. The zero-order valence-corrected chi connectivity index (χ0v) is 13.7. The summed E-state index contributed by atoms with van der Waals surface area (Å²) >= 11 is 3.61.